The Kier molecular flexibility index (Phi) is 4.92. The van der Waals surface area contributed by atoms with Crippen LogP contribution in [-0.2, 0) is 6.61 Å². The van der Waals surface area contributed by atoms with E-state index in [0.29, 0.717) is 17.9 Å². The van der Waals surface area contributed by atoms with E-state index in [1.807, 2.05) is 79.7 Å². The Balaban J connectivity index is 1.74. The van der Waals surface area contributed by atoms with Gasteiger partial charge in [0.25, 0.3) is 5.91 Å². The standard InChI is InChI=1S/C21H19NO2/c1-16-8-7-11-18(14-16)22-21(23)19-12-5-6-13-20(19)24-15-17-9-3-2-4-10-17/h2-14H,15H2,1H3,(H,22,23). The van der Waals surface area contributed by atoms with Crippen molar-refractivity contribution in [3.63, 3.8) is 0 Å². The first kappa shape index (κ1) is 15.8. The van der Waals surface area contributed by atoms with Crippen molar-refractivity contribution in [3.05, 3.63) is 95.6 Å². The Morgan fingerprint density at radius 2 is 1.67 bits per heavy atom. The van der Waals surface area contributed by atoms with E-state index < -0.39 is 0 Å². The quantitative estimate of drug-likeness (QED) is 0.732. The van der Waals surface area contributed by atoms with E-state index in [1.54, 1.807) is 6.07 Å². The van der Waals surface area contributed by atoms with Gasteiger partial charge in [0.15, 0.2) is 0 Å². The van der Waals surface area contributed by atoms with Crippen LogP contribution in [0, 0.1) is 6.92 Å². The van der Waals surface area contributed by atoms with Crippen LogP contribution < -0.4 is 10.1 Å². The van der Waals surface area contributed by atoms with Crippen molar-refractivity contribution in [2.24, 2.45) is 0 Å². The highest BCUT2D eigenvalue weighted by atomic mass is 16.5. The maximum absolute atomic E-state index is 12.6. The molecule has 3 rings (SSSR count). The predicted molar refractivity (Wildman–Crippen MR) is 96.3 cm³/mol. The summed E-state index contributed by atoms with van der Waals surface area (Å²) in [5, 5.41) is 2.92. The Hall–Kier alpha value is -3.07. The molecule has 1 N–H and O–H groups in total. The van der Waals surface area contributed by atoms with Crippen molar-refractivity contribution in [1.29, 1.82) is 0 Å². The number of amides is 1. The normalized spacial score (nSPS) is 10.2. The molecule has 0 aliphatic carbocycles. The fourth-order valence-corrected chi connectivity index (χ4v) is 2.44. The van der Waals surface area contributed by atoms with E-state index in [4.69, 9.17) is 4.74 Å². The van der Waals surface area contributed by atoms with Gasteiger partial charge in [0.2, 0.25) is 0 Å². The zero-order valence-corrected chi connectivity index (χ0v) is 13.5. The third-order valence-corrected chi connectivity index (χ3v) is 3.64. The first-order valence-corrected chi connectivity index (χ1v) is 7.86. The van der Waals surface area contributed by atoms with Gasteiger partial charge in [-0.25, -0.2) is 0 Å². The third kappa shape index (κ3) is 4.02. The Morgan fingerprint density at radius 1 is 0.917 bits per heavy atom. The topological polar surface area (TPSA) is 38.3 Å². The Labute approximate surface area is 141 Å². The molecule has 3 aromatic carbocycles. The molecule has 0 aliphatic rings. The summed E-state index contributed by atoms with van der Waals surface area (Å²) < 4.78 is 5.84. The van der Waals surface area contributed by atoms with E-state index >= 15 is 0 Å². The van der Waals surface area contributed by atoms with E-state index in [-0.39, 0.29) is 5.91 Å². The van der Waals surface area contributed by atoms with E-state index in [9.17, 15) is 4.79 Å². The fourth-order valence-electron chi connectivity index (χ4n) is 2.44. The number of para-hydroxylation sites is 1. The van der Waals surface area contributed by atoms with Crippen LogP contribution in [0.5, 0.6) is 5.75 Å². The third-order valence-electron chi connectivity index (χ3n) is 3.64. The van der Waals surface area contributed by atoms with Gasteiger partial charge in [0, 0.05) is 5.69 Å². The second-order valence-electron chi connectivity index (χ2n) is 5.59. The van der Waals surface area contributed by atoms with Gasteiger partial charge >= 0.3 is 0 Å². The van der Waals surface area contributed by atoms with Crippen molar-refractivity contribution in [3.8, 4) is 5.75 Å². The number of hydrogen-bond acceptors (Lipinski definition) is 2. The highest BCUT2D eigenvalue weighted by molar-refractivity contribution is 6.06. The number of carbonyl (C=O) groups excluding carboxylic acids is 1. The van der Waals surface area contributed by atoms with Gasteiger partial charge in [-0.15, -0.1) is 0 Å². The number of ether oxygens (including phenoxy) is 1. The zero-order valence-electron chi connectivity index (χ0n) is 13.5. The molecule has 0 aromatic heterocycles. The van der Waals surface area contributed by atoms with Crippen molar-refractivity contribution < 1.29 is 9.53 Å². The van der Waals surface area contributed by atoms with Gasteiger partial charge in [-0.05, 0) is 42.3 Å². The van der Waals surface area contributed by atoms with Gasteiger partial charge in [0.1, 0.15) is 12.4 Å². The zero-order chi connectivity index (χ0) is 16.8. The molecular formula is C21H19NO2. The summed E-state index contributed by atoms with van der Waals surface area (Å²) in [5.41, 5.74) is 3.46. The van der Waals surface area contributed by atoms with Gasteiger partial charge in [0.05, 0.1) is 5.56 Å². The molecule has 0 bridgehead atoms. The van der Waals surface area contributed by atoms with Crippen LogP contribution in [-0.4, -0.2) is 5.91 Å². The average Bonchev–Trinajstić information content (AvgIpc) is 2.61. The molecule has 24 heavy (non-hydrogen) atoms. The monoisotopic (exact) mass is 317 g/mol. The molecule has 3 nitrogen and oxygen atoms in total. The first-order valence-electron chi connectivity index (χ1n) is 7.86. The van der Waals surface area contributed by atoms with E-state index in [0.717, 1.165) is 16.8 Å². The minimum Gasteiger partial charge on any atom is -0.488 e. The highest BCUT2D eigenvalue weighted by Gasteiger charge is 2.12. The summed E-state index contributed by atoms with van der Waals surface area (Å²) in [5.74, 6) is 0.399. The lowest BCUT2D eigenvalue weighted by Crippen LogP contribution is -2.13. The Bertz CT molecular complexity index is 828. The van der Waals surface area contributed by atoms with E-state index in [2.05, 4.69) is 5.32 Å². The second kappa shape index (κ2) is 7.47. The maximum Gasteiger partial charge on any atom is 0.259 e. The molecule has 0 radical (unpaired) electrons. The lowest BCUT2D eigenvalue weighted by molar-refractivity contribution is 0.102. The van der Waals surface area contributed by atoms with Gasteiger partial charge in [-0.1, -0.05) is 54.6 Å². The lowest BCUT2D eigenvalue weighted by Gasteiger charge is -2.12. The molecule has 0 saturated carbocycles. The van der Waals surface area contributed by atoms with Crippen LogP contribution >= 0.6 is 0 Å². The minimum absolute atomic E-state index is 0.177. The molecule has 0 atom stereocenters. The summed E-state index contributed by atoms with van der Waals surface area (Å²) >= 11 is 0. The summed E-state index contributed by atoms with van der Waals surface area (Å²) in [6.45, 7) is 2.42. The number of benzene rings is 3. The molecular weight excluding hydrogens is 298 g/mol. The number of rotatable bonds is 5. The first-order chi connectivity index (χ1) is 11.7. The van der Waals surface area contributed by atoms with Gasteiger partial charge < -0.3 is 10.1 Å². The number of aryl methyl sites for hydroxylation is 1. The number of hydrogen-bond donors (Lipinski definition) is 1. The smallest absolute Gasteiger partial charge is 0.259 e. The van der Waals surface area contributed by atoms with Crippen LogP contribution in [0.1, 0.15) is 21.5 Å². The van der Waals surface area contributed by atoms with Gasteiger partial charge in [-0.2, -0.15) is 0 Å². The summed E-state index contributed by atoms with van der Waals surface area (Å²) in [4.78, 5) is 12.6. The van der Waals surface area contributed by atoms with Crippen LogP contribution in [0.4, 0.5) is 5.69 Å². The van der Waals surface area contributed by atoms with E-state index in [1.165, 1.54) is 0 Å². The highest BCUT2D eigenvalue weighted by Crippen LogP contribution is 2.21. The van der Waals surface area contributed by atoms with Crippen LogP contribution in [0.25, 0.3) is 0 Å². The van der Waals surface area contributed by atoms with Crippen LogP contribution in [0.15, 0.2) is 78.9 Å². The van der Waals surface area contributed by atoms with Crippen molar-refractivity contribution in [1.82, 2.24) is 0 Å². The molecule has 0 heterocycles. The molecule has 0 aliphatic heterocycles. The number of anilines is 1. The molecule has 0 unspecified atom stereocenters. The number of nitrogens with one attached hydrogen (secondary N) is 1. The molecule has 120 valence electrons. The fraction of sp³-hybridized carbons (Fsp3) is 0.0952. The molecule has 3 heteroatoms. The van der Waals surface area contributed by atoms with Crippen molar-refractivity contribution in [2.75, 3.05) is 5.32 Å². The molecule has 0 fully saturated rings. The van der Waals surface area contributed by atoms with Crippen molar-refractivity contribution in [2.45, 2.75) is 13.5 Å². The molecule has 3 aromatic rings. The molecule has 0 saturated heterocycles. The van der Waals surface area contributed by atoms with Crippen LogP contribution in [0.2, 0.25) is 0 Å². The summed E-state index contributed by atoms with van der Waals surface area (Å²) in [7, 11) is 0. The predicted octanol–water partition coefficient (Wildman–Crippen LogP) is 4.83. The maximum atomic E-state index is 12.6. The SMILES string of the molecule is Cc1cccc(NC(=O)c2ccccc2OCc2ccccc2)c1. The molecule has 0 spiro atoms. The van der Waals surface area contributed by atoms with Crippen LogP contribution in [0.3, 0.4) is 0 Å². The largest absolute Gasteiger partial charge is 0.488 e. The lowest BCUT2D eigenvalue weighted by atomic mass is 10.1. The average molecular weight is 317 g/mol. The number of carbonyl (C=O) groups is 1. The second-order valence-corrected chi connectivity index (χ2v) is 5.59. The molecule has 1 amide bonds. The minimum atomic E-state index is -0.177. The van der Waals surface area contributed by atoms with Gasteiger partial charge in [-0.3, -0.25) is 4.79 Å². The van der Waals surface area contributed by atoms with Crippen molar-refractivity contribution >= 4 is 11.6 Å². The summed E-state index contributed by atoms with van der Waals surface area (Å²) in [6.07, 6.45) is 0. The summed E-state index contributed by atoms with van der Waals surface area (Å²) in [6, 6.07) is 24.9. The Morgan fingerprint density at radius 3 is 2.46 bits per heavy atom.